The van der Waals surface area contributed by atoms with Gasteiger partial charge >= 0.3 is 6.18 Å². The number of aromatic nitrogens is 1. The minimum Gasteiger partial charge on any atom is -0.379 e. The SMILES string of the molecule is Cc1ccc(CNc2cc(Cl)cc(C(F)(F)F)c2)nc1. The number of halogens is 4. The number of nitrogens with zero attached hydrogens (tertiary/aromatic N) is 1. The van der Waals surface area contributed by atoms with Crippen LogP contribution in [0.2, 0.25) is 5.02 Å². The van der Waals surface area contributed by atoms with Crippen LogP contribution in [0.25, 0.3) is 0 Å². The Balaban J connectivity index is 2.13. The summed E-state index contributed by atoms with van der Waals surface area (Å²) in [7, 11) is 0. The van der Waals surface area contributed by atoms with Crippen molar-refractivity contribution in [2.24, 2.45) is 0 Å². The van der Waals surface area contributed by atoms with Crippen molar-refractivity contribution in [1.29, 1.82) is 0 Å². The molecule has 0 aliphatic heterocycles. The second kappa shape index (κ2) is 5.71. The Hall–Kier alpha value is -1.75. The number of rotatable bonds is 3. The molecule has 2 nitrogen and oxygen atoms in total. The van der Waals surface area contributed by atoms with Gasteiger partial charge in [0.15, 0.2) is 0 Å². The van der Waals surface area contributed by atoms with Gasteiger partial charge in [0.05, 0.1) is 17.8 Å². The lowest BCUT2D eigenvalue weighted by molar-refractivity contribution is -0.137. The summed E-state index contributed by atoms with van der Waals surface area (Å²) in [4.78, 5) is 4.17. The van der Waals surface area contributed by atoms with Gasteiger partial charge in [-0.3, -0.25) is 4.98 Å². The number of hydrogen-bond acceptors (Lipinski definition) is 2. The topological polar surface area (TPSA) is 24.9 Å². The first-order valence-corrected chi connectivity index (χ1v) is 6.25. The van der Waals surface area contributed by atoms with Crippen LogP contribution in [-0.2, 0) is 12.7 Å². The molecular formula is C14H12ClF3N2. The Morgan fingerprint density at radius 2 is 1.95 bits per heavy atom. The molecule has 2 rings (SSSR count). The highest BCUT2D eigenvalue weighted by Gasteiger charge is 2.31. The summed E-state index contributed by atoms with van der Waals surface area (Å²) in [6.45, 7) is 2.24. The number of alkyl halides is 3. The fourth-order valence-electron chi connectivity index (χ4n) is 1.65. The van der Waals surface area contributed by atoms with Gasteiger partial charge < -0.3 is 5.32 Å². The second-order valence-corrected chi connectivity index (χ2v) is 4.84. The summed E-state index contributed by atoms with van der Waals surface area (Å²) in [5.74, 6) is 0. The van der Waals surface area contributed by atoms with Gasteiger partial charge in [-0.25, -0.2) is 0 Å². The normalized spacial score (nSPS) is 11.4. The molecule has 20 heavy (non-hydrogen) atoms. The van der Waals surface area contributed by atoms with E-state index in [1.54, 1.807) is 6.20 Å². The van der Waals surface area contributed by atoms with Crippen molar-refractivity contribution < 1.29 is 13.2 Å². The van der Waals surface area contributed by atoms with E-state index in [-0.39, 0.29) is 5.02 Å². The van der Waals surface area contributed by atoms with E-state index in [9.17, 15) is 13.2 Å². The second-order valence-electron chi connectivity index (χ2n) is 4.41. The Morgan fingerprint density at radius 3 is 2.55 bits per heavy atom. The lowest BCUT2D eigenvalue weighted by Crippen LogP contribution is -2.07. The predicted octanol–water partition coefficient (Wildman–Crippen LogP) is 4.67. The molecule has 1 aromatic carbocycles. The monoisotopic (exact) mass is 300 g/mol. The molecular weight excluding hydrogens is 289 g/mol. The van der Waals surface area contributed by atoms with E-state index < -0.39 is 11.7 Å². The minimum atomic E-state index is -4.41. The standard InChI is InChI=1S/C14H12ClF3N2/c1-9-2-3-12(19-7-9)8-20-13-5-10(14(16,17)18)4-11(15)6-13/h2-7,20H,8H2,1H3. The molecule has 0 saturated heterocycles. The molecule has 1 N–H and O–H groups in total. The van der Waals surface area contributed by atoms with Gasteiger partial charge in [0, 0.05) is 16.9 Å². The van der Waals surface area contributed by atoms with Crippen LogP contribution < -0.4 is 5.32 Å². The fraction of sp³-hybridized carbons (Fsp3) is 0.214. The maximum atomic E-state index is 12.7. The molecule has 0 amide bonds. The van der Waals surface area contributed by atoms with Gasteiger partial charge in [-0.05, 0) is 36.8 Å². The number of hydrogen-bond donors (Lipinski definition) is 1. The molecule has 6 heteroatoms. The van der Waals surface area contributed by atoms with Crippen molar-refractivity contribution in [1.82, 2.24) is 4.98 Å². The Morgan fingerprint density at radius 1 is 1.20 bits per heavy atom. The number of benzene rings is 1. The van der Waals surface area contributed by atoms with Gasteiger partial charge in [-0.1, -0.05) is 17.7 Å². The average molecular weight is 301 g/mol. The fourth-order valence-corrected chi connectivity index (χ4v) is 1.89. The van der Waals surface area contributed by atoms with E-state index in [0.717, 1.165) is 23.4 Å². The van der Waals surface area contributed by atoms with Crippen LogP contribution >= 0.6 is 11.6 Å². The highest BCUT2D eigenvalue weighted by atomic mass is 35.5. The number of aryl methyl sites for hydroxylation is 1. The van der Waals surface area contributed by atoms with Gasteiger partial charge in [0.1, 0.15) is 0 Å². The maximum Gasteiger partial charge on any atom is 0.416 e. The van der Waals surface area contributed by atoms with Crippen molar-refractivity contribution in [2.45, 2.75) is 19.6 Å². The first-order chi connectivity index (χ1) is 9.34. The van der Waals surface area contributed by atoms with Crippen LogP contribution in [-0.4, -0.2) is 4.98 Å². The largest absolute Gasteiger partial charge is 0.416 e. The van der Waals surface area contributed by atoms with Gasteiger partial charge in [-0.2, -0.15) is 13.2 Å². The molecule has 0 atom stereocenters. The summed E-state index contributed by atoms with van der Waals surface area (Å²) in [5.41, 5.74) is 1.30. The molecule has 2 aromatic rings. The van der Waals surface area contributed by atoms with Crippen molar-refractivity contribution in [2.75, 3.05) is 5.32 Å². The molecule has 0 radical (unpaired) electrons. The number of pyridine rings is 1. The van der Waals surface area contributed by atoms with E-state index in [4.69, 9.17) is 11.6 Å². The van der Waals surface area contributed by atoms with E-state index in [1.807, 2.05) is 19.1 Å². The number of nitrogens with one attached hydrogen (secondary N) is 1. The summed E-state index contributed by atoms with van der Waals surface area (Å²) in [5, 5.41) is 2.93. The molecule has 0 spiro atoms. The quantitative estimate of drug-likeness (QED) is 0.890. The van der Waals surface area contributed by atoms with Crippen molar-refractivity contribution in [3.8, 4) is 0 Å². The van der Waals surface area contributed by atoms with Crippen molar-refractivity contribution in [3.63, 3.8) is 0 Å². The number of anilines is 1. The first kappa shape index (κ1) is 14.7. The molecule has 0 aliphatic carbocycles. The Bertz CT molecular complexity index is 594. The summed E-state index contributed by atoms with van der Waals surface area (Å²) in [6, 6.07) is 7.09. The van der Waals surface area contributed by atoms with E-state index in [2.05, 4.69) is 10.3 Å². The highest BCUT2D eigenvalue weighted by Crippen LogP contribution is 2.33. The third-order valence-electron chi connectivity index (χ3n) is 2.67. The van der Waals surface area contributed by atoms with E-state index in [1.165, 1.54) is 6.07 Å². The molecule has 1 aromatic heterocycles. The molecule has 0 bridgehead atoms. The summed E-state index contributed by atoms with van der Waals surface area (Å²) < 4.78 is 38.0. The Kier molecular flexibility index (Phi) is 4.18. The van der Waals surface area contributed by atoms with Gasteiger partial charge in [0.2, 0.25) is 0 Å². The molecule has 106 valence electrons. The third kappa shape index (κ3) is 3.87. The van der Waals surface area contributed by atoms with Crippen LogP contribution in [0.15, 0.2) is 36.5 Å². The molecule has 0 aliphatic rings. The lowest BCUT2D eigenvalue weighted by atomic mass is 10.2. The smallest absolute Gasteiger partial charge is 0.379 e. The van der Waals surface area contributed by atoms with Gasteiger partial charge in [-0.15, -0.1) is 0 Å². The van der Waals surface area contributed by atoms with Crippen LogP contribution in [0.5, 0.6) is 0 Å². The van der Waals surface area contributed by atoms with Gasteiger partial charge in [0.25, 0.3) is 0 Å². The van der Waals surface area contributed by atoms with Crippen LogP contribution in [0.1, 0.15) is 16.8 Å². The highest BCUT2D eigenvalue weighted by molar-refractivity contribution is 6.30. The zero-order chi connectivity index (χ0) is 14.8. The maximum absolute atomic E-state index is 12.7. The van der Waals surface area contributed by atoms with Crippen molar-refractivity contribution in [3.05, 3.63) is 58.4 Å². The zero-order valence-electron chi connectivity index (χ0n) is 10.6. The molecule has 0 fully saturated rings. The van der Waals surface area contributed by atoms with Crippen LogP contribution in [0.3, 0.4) is 0 Å². The van der Waals surface area contributed by atoms with E-state index in [0.29, 0.717) is 12.2 Å². The first-order valence-electron chi connectivity index (χ1n) is 5.88. The van der Waals surface area contributed by atoms with E-state index >= 15 is 0 Å². The third-order valence-corrected chi connectivity index (χ3v) is 2.89. The molecule has 0 saturated carbocycles. The Labute approximate surface area is 119 Å². The summed E-state index contributed by atoms with van der Waals surface area (Å²) in [6.07, 6.45) is -2.71. The van der Waals surface area contributed by atoms with Crippen LogP contribution in [0.4, 0.5) is 18.9 Å². The lowest BCUT2D eigenvalue weighted by Gasteiger charge is -2.11. The summed E-state index contributed by atoms with van der Waals surface area (Å²) >= 11 is 5.70. The zero-order valence-corrected chi connectivity index (χ0v) is 11.4. The minimum absolute atomic E-state index is 0.0409. The average Bonchev–Trinajstić information content (AvgIpc) is 2.36. The predicted molar refractivity (Wildman–Crippen MR) is 72.8 cm³/mol. The van der Waals surface area contributed by atoms with Crippen molar-refractivity contribution >= 4 is 17.3 Å². The van der Waals surface area contributed by atoms with Crippen LogP contribution in [0, 0.1) is 6.92 Å². The molecule has 0 unspecified atom stereocenters. The molecule has 1 heterocycles.